The maximum atomic E-state index is 13.1. The smallest absolute Gasteiger partial charge is 0.328 e. The normalized spacial score (nSPS) is 12.5. The second-order valence-electron chi connectivity index (χ2n) is 7.35. The molecule has 0 spiro atoms. The standard InChI is InChI=1S/C23H28ClN3O6/c1-14-10-20(33-9-8-25-2)16(12-17(14)24)21(29)26-18(11-15-6-4-3-5-7-15)22(30)27-19(13-28)23(31)32/h3-7,10,12,18-19,25,28H,8-9,11,13H2,1-2H3,(H,26,29)(H,27,30)(H,31,32)/t18-,19-/m0/s1. The molecular weight excluding hydrogens is 450 g/mol. The Morgan fingerprint density at radius 3 is 2.39 bits per heavy atom. The zero-order chi connectivity index (χ0) is 24.4. The molecule has 0 radical (unpaired) electrons. The van der Waals surface area contributed by atoms with Gasteiger partial charge < -0.3 is 30.9 Å². The van der Waals surface area contributed by atoms with Crippen LogP contribution in [0.4, 0.5) is 0 Å². The number of benzene rings is 2. The number of carbonyl (C=O) groups is 3. The van der Waals surface area contributed by atoms with Crippen molar-refractivity contribution in [3.05, 3.63) is 64.2 Å². The fraction of sp³-hybridized carbons (Fsp3) is 0.348. The van der Waals surface area contributed by atoms with Crippen LogP contribution >= 0.6 is 11.6 Å². The number of rotatable bonds is 12. The molecule has 0 aliphatic carbocycles. The Labute approximate surface area is 197 Å². The highest BCUT2D eigenvalue weighted by Gasteiger charge is 2.28. The number of aliphatic hydroxyl groups is 1. The van der Waals surface area contributed by atoms with E-state index in [0.717, 1.165) is 11.1 Å². The first-order valence-corrected chi connectivity index (χ1v) is 10.7. The third kappa shape index (κ3) is 7.74. The van der Waals surface area contributed by atoms with E-state index in [9.17, 15) is 19.5 Å². The third-order valence-corrected chi connectivity index (χ3v) is 5.22. The number of hydrogen-bond acceptors (Lipinski definition) is 6. The van der Waals surface area contributed by atoms with Gasteiger partial charge in [0.05, 0.1) is 12.2 Å². The van der Waals surface area contributed by atoms with Crippen LogP contribution in [0.5, 0.6) is 5.75 Å². The predicted octanol–water partition coefficient (Wildman–Crippen LogP) is 1.15. The molecule has 178 valence electrons. The summed E-state index contributed by atoms with van der Waals surface area (Å²) < 4.78 is 5.71. The lowest BCUT2D eigenvalue weighted by Crippen LogP contribution is -2.53. The van der Waals surface area contributed by atoms with E-state index >= 15 is 0 Å². The highest BCUT2D eigenvalue weighted by atomic mass is 35.5. The van der Waals surface area contributed by atoms with Gasteiger partial charge in [0.25, 0.3) is 5.91 Å². The van der Waals surface area contributed by atoms with Crippen LogP contribution in [0.2, 0.25) is 5.02 Å². The number of hydrogen-bond donors (Lipinski definition) is 5. The van der Waals surface area contributed by atoms with E-state index in [-0.39, 0.29) is 12.0 Å². The van der Waals surface area contributed by atoms with Crippen molar-refractivity contribution in [3.63, 3.8) is 0 Å². The zero-order valence-corrected chi connectivity index (χ0v) is 19.2. The lowest BCUT2D eigenvalue weighted by atomic mass is 10.0. The summed E-state index contributed by atoms with van der Waals surface area (Å²) in [5.41, 5.74) is 1.62. The van der Waals surface area contributed by atoms with Crippen molar-refractivity contribution in [2.75, 3.05) is 26.8 Å². The largest absolute Gasteiger partial charge is 0.491 e. The summed E-state index contributed by atoms with van der Waals surface area (Å²) in [5.74, 6) is -2.43. The summed E-state index contributed by atoms with van der Waals surface area (Å²) in [6, 6.07) is 9.44. The van der Waals surface area contributed by atoms with Crippen molar-refractivity contribution < 1.29 is 29.3 Å². The van der Waals surface area contributed by atoms with Gasteiger partial charge >= 0.3 is 5.97 Å². The molecule has 0 aliphatic rings. The molecule has 0 saturated heterocycles. The first-order valence-electron chi connectivity index (χ1n) is 10.3. The highest BCUT2D eigenvalue weighted by molar-refractivity contribution is 6.31. The molecule has 10 heteroatoms. The van der Waals surface area contributed by atoms with E-state index in [4.69, 9.17) is 21.4 Å². The first kappa shape index (κ1) is 26.1. The molecule has 2 rings (SSSR count). The van der Waals surface area contributed by atoms with Crippen LogP contribution in [-0.2, 0) is 16.0 Å². The van der Waals surface area contributed by atoms with Crippen molar-refractivity contribution in [2.45, 2.75) is 25.4 Å². The number of aliphatic hydroxyl groups excluding tert-OH is 1. The van der Waals surface area contributed by atoms with Crippen LogP contribution < -0.4 is 20.7 Å². The molecule has 33 heavy (non-hydrogen) atoms. The second-order valence-corrected chi connectivity index (χ2v) is 7.75. The molecule has 2 atom stereocenters. The molecule has 0 unspecified atom stereocenters. The van der Waals surface area contributed by atoms with Gasteiger partial charge in [-0.2, -0.15) is 0 Å². The van der Waals surface area contributed by atoms with Crippen molar-refractivity contribution in [2.24, 2.45) is 0 Å². The summed E-state index contributed by atoms with van der Waals surface area (Å²) >= 11 is 6.22. The van der Waals surface area contributed by atoms with Gasteiger partial charge in [-0.1, -0.05) is 41.9 Å². The number of halogens is 1. The molecule has 9 nitrogen and oxygen atoms in total. The van der Waals surface area contributed by atoms with Crippen molar-refractivity contribution in [3.8, 4) is 5.75 Å². The number of likely N-dealkylation sites (N-methyl/N-ethyl adjacent to an activating group) is 1. The number of carboxylic acids is 1. The van der Waals surface area contributed by atoms with Crippen LogP contribution in [-0.4, -0.2) is 66.9 Å². The maximum Gasteiger partial charge on any atom is 0.328 e. The van der Waals surface area contributed by atoms with E-state index < -0.39 is 36.5 Å². The minimum atomic E-state index is -1.50. The van der Waals surface area contributed by atoms with Crippen molar-refractivity contribution in [1.29, 1.82) is 0 Å². The number of carboxylic acid groups (broad SMARTS) is 1. The molecule has 0 saturated carbocycles. The van der Waals surface area contributed by atoms with Gasteiger partial charge in [-0.05, 0) is 37.2 Å². The molecule has 0 heterocycles. The third-order valence-electron chi connectivity index (χ3n) is 4.82. The second kappa shape index (κ2) is 12.8. The summed E-state index contributed by atoms with van der Waals surface area (Å²) in [7, 11) is 1.77. The molecule has 2 aromatic rings. The lowest BCUT2D eigenvalue weighted by Gasteiger charge is -2.22. The molecule has 0 bridgehead atoms. The Morgan fingerprint density at radius 1 is 1.09 bits per heavy atom. The summed E-state index contributed by atoms with van der Waals surface area (Å²) in [6.45, 7) is 1.85. The Kier molecular flexibility index (Phi) is 10.1. The molecule has 2 aromatic carbocycles. The van der Waals surface area contributed by atoms with Gasteiger partial charge in [0.2, 0.25) is 5.91 Å². The highest BCUT2D eigenvalue weighted by Crippen LogP contribution is 2.27. The molecule has 0 fully saturated rings. The average Bonchev–Trinajstić information content (AvgIpc) is 2.79. The maximum absolute atomic E-state index is 13.1. The zero-order valence-electron chi connectivity index (χ0n) is 18.4. The van der Waals surface area contributed by atoms with Gasteiger partial charge in [-0.25, -0.2) is 4.79 Å². The summed E-state index contributed by atoms with van der Waals surface area (Å²) in [4.78, 5) is 37.2. The van der Waals surface area contributed by atoms with Crippen LogP contribution in [0.1, 0.15) is 21.5 Å². The molecule has 2 amide bonds. The number of ether oxygens (including phenoxy) is 1. The monoisotopic (exact) mass is 477 g/mol. The minimum absolute atomic E-state index is 0.103. The fourth-order valence-corrected chi connectivity index (χ4v) is 3.13. The quantitative estimate of drug-likeness (QED) is 0.289. The van der Waals surface area contributed by atoms with Gasteiger partial charge in [0.1, 0.15) is 24.4 Å². The first-order chi connectivity index (χ1) is 15.8. The number of aryl methyl sites for hydroxylation is 1. The van der Waals surface area contributed by atoms with E-state index in [1.165, 1.54) is 6.07 Å². The topological polar surface area (TPSA) is 137 Å². The average molecular weight is 478 g/mol. The molecule has 5 N–H and O–H groups in total. The Hall–Kier alpha value is -3.14. The number of nitrogens with one attached hydrogen (secondary N) is 3. The van der Waals surface area contributed by atoms with Gasteiger partial charge in [0, 0.05) is 18.0 Å². The number of carbonyl (C=O) groups excluding carboxylic acids is 2. The molecule has 0 aromatic heterocycles. The Morgan fingerprint density at radius 2 is 1.79 bits per heavy atom. The predicted molar refractivity (Wildman–Crippen MR) is 124 cm³/mol. The van der Waals surface area contributed by atoms with E-state index in [1.807, 2.05) is 6.07 Å². The van der Waals surface area contributed by atoms with E-state index in [2.05, 4.69) is 16.0 Å². The molecular formula is C23H28ClN3O6. The van der Waals surface area contributed by atoms with Crippen molar-refractivity contribution in [1.82, 2.24) is 16.0 Å². The summed E-state index contributed by atoms with van der Waals surface area (Å²) in [5, 5.41) is 26.6. The number of amides is 2. The fourth-order valence-electron chi connectivity index (χ4n) is 2.97. The van der Waals surface area contributed by atoms with Gasteiger partial charge in [0.15, 0.2) is 0 Å². The SMILES string of the molecule is CNCCOc1cc(C)c(Cl)cc1C(=O)N[C@@H](Cc1ccccc1)C(=O)N[C@@H](CO)C(=O)O. The molecule has 0 aliphatic heterocycles. The van der Waals surface area contributed by atoms with Crippen molar-refractivity contribution >= 4 is 29.4 Å². The number of aliphatic carboxylic acids is 1. The summed E-state index contributed by atoms with van der Waals surface area (Å²) in [6.07, 6.45) is 0.103. The minimum Gasteiger partial charge on any atom is -0.491 e. The lowest BCUT2D eigenvalue weighted by molar-refractivity contribution is -0.143. The van der Waals surface area contributed by atoms with Crippen LogP contribution in [0.3, 0.4) is 0 Å². The van der Waals surface area contributed by atoms with Crippen LogP contribution in [0.25, 0.3) is 0 Å². The van der Waals surface area contributed by atoms with E-state index in [1.54, 1.807) is 44.3 Å². The van der Waals surface area contributed by atoms with Crippen LogP contribution in [0.15, 0.2) is 42.5 Å². The Balaban J connectivity index is 2.31. The Bertz CT molecular complexity index is 970. The van der Waals surface area contributed by atoms with E-state index in [0.29, 0.717) is 23.9 Å². The van der Waals surface area contributed by atoms with Crippen LogP contribution in [0, 0.1) is 6.92 Å². The van der Waals surface area contributed by atoms with Gasteiger partial charge in [-0.15, -0.1) is 0 Å². The van der Waals surface area contributed by atoms with Gasteiger partial charge in [-0.3, -0.25) is 9.59 Å².